The van der Waals surface area contributed by atoms with E-state index in [9.17, 15) is 9.59 Å². The van der Waals surface area contributed by atoms with Crippen molar-refractivity contribution < 1.29 is 19.1 Å². The van der Waals surface area contributed by atoms with E-state index in [1.54, 1.807) is 13.0 Å². The zero-order valence-electron chi connectivity index (χ0n) is 21.4. The number of aromatic nitrogens is 3. The van der Waals surface area contributed by atoms with E-state index in [1.165, 1.54) is 23.1 Å². The van der Waals surface area contributed by atoms with E-state index in [1.807, 2.05) is 37.5 Å². The van der Waals surface area contributed by atoms with Gasteiger partial charge < -0.3 is 19.4 Å². The minimum Gasteiger partial charge on any atom is -0.481 e. The van der Waals surface area contributed by atoms with Crippen LogP contribution in [0.5, 0.6) is 5.75 Å². The van der Waals surface area contributed by atoms with Crippen LogP contribution in [-0.2, 0) is 28.9 Å². The second kappa shape index (κ2) is 12.3. The van der Waals surface area contributed by atoms with Crippen molar-refractivity contribution in [2.24, 2.45) is 0 Å². The van der Waals surface area contributed by atoms with Crippen molar-refractivity contribution in [3.05, 3.63) is 50.6 Å². The molecule has 1 aliphatic rings. The lowest BCUT2D eigenvalue weighted by molar-refractivity contribution is -0.113. The van der Waals surface area contributed by atoms with Gasteiger partial charge in [-0.25, -0.2) is 4.79 Å². The van der Waals surface area contributed by atoms with Gasteiger partial charge in [-0.2, -0.15) is 0 Å². The number of rotatable bonds is 10. The Morgan fingerprint density at radius 2 is 2.03 bits per heavy atom. The highest BCUT2D eigenvalue weighted by atomic mass is 35.5. The summed E-state index contributed by atoms with van der Waals surface area (Å²) in [5.41, 5.74) is 2.58. The molecule has 0 fully saturated rings. The number of thioether (sulfide) groups is 1. The average Bonchev–Trinajstić information content (AvgIpc) is 3.45. The molecule has 37 heavy (non-hydrogen) atoms. The number of thiophene rings is 1. The van der Waals surface area contributed by atoms with Crippen LogP contribution in [0.3, 0.4) is 0 Å². The molecule has 1 unspecified atom stereocenters. The molecule has 8 nitrogen and oxygen atoms in total. The summed E-state index contributed by atoms with van der Waals surface area (Å²) in [6.45, 7) is 8.55. The van der Waals surface area contributed by atoms with E-state index in [0.717, 1.165) is 41.7 Å². The number of nitrogens with zero attached hydrogens (tertiary/aromatic N) is 3. The molecule has 1 atom stereocenters. The summed E-state index contributed by atoms with van der Waals surface area (Å²) >= 11 is 9.07. The number of hydrogen-bond acceptors (Lipinski definition) is 8. The molecule has 0 spiro atoms. The number of fused-ring (bicyclic) bond motifs is 1. The molecule has 0 saturated carbocycles. The Hall–Kier alpha value is -2.56. The smallest absolute Gasteiger partial charge is 0.341 e. The molecular formula is C26H31ClN4O4S2. The maximum atomic E-state index is 12.9. The molecule has 2 aromatic heterocycles. The van der Waals surface area contributed by atoms with Crippen LogP contribution in [0.2, 0.25) is 5.02 Å². The van der Waals surface area contributed by atoms with E-state index < -0.39 is 0 Å². The van der Waals surface area contributed by atoms with Gasteiger partial charge in [0.1, 0.15) is 10.8 Å². The number of benzene rings is 1. The third kappa shape index (κ3) is 6.30. The number of esters is 1. The summed E-state index contributed by atoms with van der Waals surface area (Å²) in [5.74, 6) is 0.783. The predicted octanol–water partition coefficient (Wildman–Crippen LogP) is 6.25. The molecule has 0 aliphatic heterocycles. The fourth-order valence-electron chi connectivity index (χ4n) is 4.31. The fraction of sp³-hybridized carbons (Fsp3) is 0.462. The van der Waals surface area contributed by atoms with Crippen LogP contribution >= 0.6 is 34.7 Å². The summed E-state index contributed by atoms with van der Waals surface area (Å²) in [4.78, 5) is 26.7. The van der Waals surface area contributed by atoms with E-state index in [2.05, 4.69) is 15.5 Å². The van der Waals surface area contributed by atoms with Crippen molar-refractivity contribution in [1.29, 1.82) is 0 Å². The van der Waals surface area contributed by atoms with Gasteiger partial charge in [-0.1, -0.05) is 29.4 Å². The second-order valence-electron chi connectivity index (χ2n) is 8.75. The number of ether oxygens (including phenoxy) is 2. The number of aryl methyl sites for hydroxylation is 2. The monoisotopic (exact) mass is 562 g/mol. The Morgan fingerprint density at radius 3 is 2.78 bits per heavy atom. The number of nitrogens with one attached hydrogen (secondary N) is 1. The van der Waals surface area contributed by atoms with Gasteiger partial charge in [-0.05, 0) is 76.6 Å². The Bertz CT molecular complexity index is 1290. The number of carbonyl (C=O) groups is 2. The lowest BCUT2D eigenvalue weighted by Crippen LogP contribution is -2.17. The molecule has 0 saturated heterocycles. The van der Waals surface area contributed by atoms with Gasteiger partial charge in [0.05, 0.1) is 22.9 Å². The zero-order valence-corrected chi connectivity index (χ0v) is 23.8. The molecule has 198 valence electrons. The first kappa shape index (κ1) is 27.5. The summed E-state index contributed by atoms with van der Waals surface area (Å²) in [6, 6.07) is 5.62. The van der Waals surface area contributed by atoms with E-state index in [4.69, 9.17) is 21.1 Å². The van der Waals surface area contributed by atoms with Crippen molar-refractivity contribution in [3.8, 4) is 5.75 Å². The van der Waals surface area contributed by atoms with E-state index in [-0.39, 0.29) is 23.7 Å². The van der Waals surface area contributed by atoms with Gasteiger partial charge >= 0.3 is 5.97 Å². The Morgan fingerprint density at radius 1 is 1.24 bits per heavy atom. The fourth-order valence-corrected chi connectivity index (χ4v) is 6.58. The van der Waals surface area contributed by atoms with Crippen LogP contribution in [-0.4, -0.2) is 39.0 Å². The quantitative estimate of drug-likeness (QED) is 0.230. The third-order valence-electron chi connectivity index (χ3n) is 6.05. The number of halogens is 1. The molecule has 2 heterocycles. The van der Waals surface area contributed by atoms with Crippen LogP contribution in [0.4, 0.5) is 5.00 Å². The largest absolute Gasteiger partial charge is 0.481 e. The van der Waals surface area contributed by atoms with Gasteiger partial charge in [0.2, 0.25) is 5.91 Å². The molecule has 0 radical (unpaired) electrons. The Labute approximate surface area is 230 Å². The second-order valence-corrected chi connectivity index (χ2v) is 11.2. The number of hydrogen-bond donors (Lipinski definition) is 1. The minimum absolute atomic E-state index is 0.127. The number of anilines is 1. The van der Waals surface area contributed by atoms with Gasteiger partial charge in [0, 0.05) is 11.4 Å². The SMILES string of the molecule is CCOC(=O)c1c(NC(=O)CSc2nnc(C(C)Oc3cc(C)ccc3Cl)n2CC)sc2c1CCCC2. The topological polar surface area (TPSA) is 95.3 Å². The van der Waals surface area contributed by atoms with Crippen molar-refractivity contribution in [3.63, 3.8) is 0 Å². The number of carbonyl (C=O) groups excluding carboxylic acids is 2. The van der Waals surface area contributed by atoms with Gasteiger partial charge in [-0.3, -0.25) is 4.79 Å². The summed E-state index contributed by atoms with van der Waals surface area (Å²) in [5, 5.41) is 13.3. The van der Waals surface area contributed by atoms with Crippen molar-refractivity contribution >= 4 is 51.6 Å². The van der Waals surface area contributed by atoms with Crippen molar-refractivity contribution in [1.82, 2.24) is 14.8 Å². The minimum atomic E-state index is -0.389. The first-order chi connectivity index (χ1) is 17.8. The van der Waals surface area contributed by atoms with Crippen molar-refractivity contribution in [2.45, 2.75) is 71.2 Å². The summed E-state index contributed by atoms with van der Waals surface area (Å²) < 4.78 is 13.3. The first-order valence-corrected chi connectivity index (χ1v) is 14.6. The van der Waals surface area contributed by atoms with Crippen LogP contribution in [0.1, 0.15) is 71.9 Å². The molecular weight excluding hydrogens is 532 g/mol. The van der Waals surface area contributed by atoms with Crippen LogP contribution in [0.25, 0.3) is 0 Å². The van der Waals surface area contributed by atoms with Gasteiger partial charge in [0.25, 0.3) is 0 Å². The summed E-state index contributed by atoms with van der Waals surface area (Å²) in [7, 11) is 0. The van der Waals surface area contributed by atoms with E-state index >= 15 is 0 Å². The van der Waals surface area contributed by atoms with Gasteiger partial charge in [0.15, 0.2) is 17.1 Å². The molecule has 1 aliphatic carbocycles. The van der Waals surface area contributed by atoms with E-state index in [0.29, 0.717) is 45.5 Å². The van der Waals surface area contributed by atoms with Crippen LogP contribution in [0.15, 0.2) is 23.4 Å². The highest BCUT2D eigenvalue weighted by molar-refractivity contribution is 7.99. The van der Waals surface area contributed by atoms with Crippen molar-refractivity contribution in [2.75, 3.05) is 17.7 Å². The Balaban J connectivity index is 1.44. The highest BCUT2D eigenvalue weighted by Crippen LogP contribution is 2.39. The van der Waals surface area contributed by atoms with Crippen LogP contribution < -0.4 is 10.1 Å². The highest BCUT2D eigenvalue weighted by Gasteiger charge is 2.27. The zero-order chi connectivity index (χ0) is 26.5. The normalized spacial score (nSPS) is 13.6. The molecule has 1 aromatic carbocycles. The maximum Gasteiger partial charge on any atom is 0.341 e. The summed E-state index contributed by atoms with van der Waals surface area (Å²) in [6.07, 6.45) is 3.49. The van der Waals surface area contributed by atoms with Gasteiger partial charge in [-0.15, -0.1) is 21.5 Å². The standard InChI is InChI=1S/C26H31ClN4O4S2/c1-5-31-23(16(4)35-19-13-15(3)11-12-18(19)27)29-30-26(31)36-14-21(32)28-24-22(25(33)34-6-2)17-9-7-8-10-20(17)37-24/h11-13,16H,5-10,14H2,1-4H3,(H,28,32). The first-order valence-electron chi connectivity index (χ1n) is 12.4. The lowest BCUT2D eigenvalue weighted by Gasteiger charge is -2.17. The molecule has 11 heteroatoms. The Kier molecular flexibility index (Phi) is 9.15. The molecule has 1 amide bonds. The van der Waals surface area contributed by atoms with Crippen LogP contribution in [0, 0.1) is 6.92 Å². The third-order valence-corrected chi connectivity index (χ3v) is 8.54. The maximum absolute atomic E-state index is 12.9. The lowest BCUT2D eigenvalue weighted by atomic mass is 9.95. The predicted molar refractivity (Wildman–Crippen MR) is 147 cm³/mol. The average molecular weight is 563 g/mol. The molecule has 1 N–H and O–H groups in total. The molecule has 4 rings (SSSR count). The molecule has 0 bridgehead atoms. The molecule has 3 aromatic rings. The number of amides is 1.